The maximum Gasteiger partial charge on any atom is 0.170 e. The first kappa shape index (κ1) is 16.3. The summed E-state index contributed by atoms with van der Waals surface area (Å²) in [5.41, 5.74) is 2.38. The van der Waals surface area contributed by atoms with Crippen molar-refractivity contribution in [1.82, 2.24) is 5.32 Å². The third-order valence-electron chi connectivity index (χ3n) is 2.54. The van der Waals surface area contributed by atoms with Gasteiger partial charge in [0.1, 0.15) is 0 Å². The second-order valence-corrected chi connectivity index (χ2v) is 7.72. The van der Waals surface area contributed by atoms with Crippen LogP contribution >= 0.6 is 24.0 Å². The van der Waals surface area contributed by atoms with Gasteiger partial charge in [-0.25, -0.2) is 0 Å². The summed E-state index contributed by atoms with van der Waals surface area (Å²) in [6.07, 6.45) is 1.06. The van der Waals surface area contributed by atoms with Gasteiger partial charge < -0.3 is 10.6 Å². The lowest BCUT2D eigenvalue weighted by atomic mass is 10.1. The molecule has 106 valence electrons. The predicted octanol–water partition coefficient (Wildman–Crippen LogP) is 4.07. The van der Waals surface area contributed by atoms with Crippen LogP contribution in [0.4, 0.5) is 5.69 Å². The maximum atomic E-state index is 5.27. The summed E-state index contributed by atoms with van der Waals surface area (Å²) in [6, 6.07) is 8.38. The molecule has 0 aliphatic heterocycles. The molecule has 0 heterocycles. The van der Waals surface area contributed by atoms with Crippen LogP contribution in [0, 0.1) is 0 Å². The molecule has 1 aromatic carbocycles. The van der Waals surface area contributed by atoms with E-state index >= 15 is 0 Å². The fraction of sp³-hybridized carbons (Fsp3) is 0.533. The molecule has 19 heavy (non-hydrogen) atoms. The Hall–Kier alpha value is -0.740. The number of benzene rings is 1. The van der Waals surface area contributed by atoms with Gasteiger partial charge in [-0.3, -0.25) is 0 Å². The van der Waals surface area contributed by atoms with E-state index in [4.69, 9.17) is 12.2 Å². The van der Waals surface area contributed by atoms with Gasteiger partial charge in [0.15, 0.2) is 5.11 Å². The Kier molecular flexibility index (Phi) is 6.66. The van der Waals surface area contributed by atoms with Crippen LogP contribution < -0.4 is 10.6 Å². The number of anilines is 1. The first-order valence-corrected chi connectivity index (χ1v) is 8.08. The molecular formula is C15H24N2S2. The van der Waals surface area contributed by atoms with E-state index < -0.39 is 0 Å². The molecule has 0 spiro atoms. The minimum atomic E-state index is 0.312. The number of hydrogen-bond acceptors (Lipinski definition) is 2. The quantitative estimate of drug-likeness (QED) is 0.632. The van der Waals surface area contributed by atoms with Gasteiger partial charge in [-0.15, -0.1) is 0 Å². The molecule has 2 N–H and O–H groups in total. The second kappa shape index (κ2) is 7.75. The van der Waals surface area contributed by atoms with Crippen molar-refractivity contribution < 1.29 is 0 Å². The van der Waals surface area contributed by atoms with Gasteiger partial charge in [-0.1, -0.05) is 39.8 Å². The summed E-state index contributed by atoms with van der Waals surface area (Å²) < 4.78 is 0.312. The molecule has 1 rings (SSSR count). The van der Waals surface area contributed by atoms with Crippen molar-refractivity contribution in [2.45, 2.75) is 38.9 Å². The van der Waals surface area contributed by atoms with Crippen molar-refractivity contribution in [3.8, 4) is 0 Å². The minimum absolute atomic E-state index is 0.312. The standard InChI is InChI=1S/C15H24N2S2/c1-5-12-6-8-13(9-7-12)17-14(18)16-10-11-19-15(2,3)4/h6-9H,5,10-11H2,1-4H3,(H2,16,17,18). The summed E-state index contributed by atoms with van der Waals surface area (Å²) >= 11 is 7.21. The van der Waals surface area contributed by atoms with E-state index in [2.05, 4.69) is 62.6 Å². The molecule has 0 aliphatic rings. The zero-order chi connectivity index (χ0) is 14.3. The van der Waals surface area contributed by atoms with Crippen molar-refractivity contribution in [3.05, 3.63) is 29.8 Å². The molecule has 0 aliphatic carbocycles. The Balaban J connectivity index is 2.27. The SMILES string of the molecule is CCc1ccc(NC(=S)NCCSC(C)(C)C)cc1. The molecule has 2 nitrogen and oxygen atoms in total. The number of hydrogen-bond donors (Lipinski definition) is 2. The molecule has 0 amide bonds. The van der Waals surface area contributed by atoms with Crippen molar-refractivity contribution in [3.63, 3.8) is 0 Å². The smallest absolute Gasteiger partial charge is 0.170 e. The molecule has 0 fully saturated rings. The Labute approximate surface area is 126 Å². The lowest BCUT2D eigenvalue weighted by Gasteiger charge is -2.18. The van der Waals surface area contributed by atoms with Gasteiger partial charge in [0.05, 0.1) is 0 Å². The zero-order valence-corrected chi connectivity index (χ0v) is 13.9. The van der Waals surface area contributed by atoms with Crippen LogP contribution in [0.2, 0.25) is 0 Å². The molecular weight excluding hydrogens is 272 g/mol. The third-order valence-corrected chi connectivity index (χ3v) is 4.06. The van der Waals surface area contributed by atoms with Crippen LogP contribution in [0.5, 0.6) is 0 Å². The minimum Gasteiger partial charge on any atom is -0.362 e. The molecule has 0 aromatic heterocycles. The van der Waals surface area contributed by atoms with E-state index in [-0.39, 0.29) is 0 Å². The molecule has 0 saturated carbocycles. The average Bonchev–Trinajstić information content (AvgIpc) is 2.34. The van der Waals surface area contributed by atoms with E-state index in [1.165, 1.54) is 5.56 Å². The highest BCUT2D eigenvalue weighted by molar-refractivity contribution is 8.00. The Morgan fingerprint density at radius 3 is 2.37 bits per heavy atom. The van der Waals surface area contributed by atoms with Gasteiger partial charge >= 0.3 is 0 Å². The van der Waals surface area contributed by atoms with Crippen LogP contribution in [-0.4, -0.2) is 22.2 Å². The summed E-state index contributed by atoms with van der Waals surface area (Å²) in [4.78, 5) is 0. The highest BCUT2D eigenvalue weighted by Crippen LogP contribution is 2.22. The molecule has 0 bridgehead atoms. The number of nitrogens with one attached hydrogen (secondary N) is 2. The largest absolute Gasteiger partial charge is 0.362 e. The predicted molar refractivity (Wildman–Crippen MR) is 92.3 cm³/mol. The molecule has 0 saturated heterocycles. The van der Waals surface area contributed by atoms with Crippen LogP contribution in [0.3, 0.4) is 0 Å². The zero-order valence-electron chi connectivity index (χ0n) is 12.2. The number of rotatable bonds is 5. The van der Waals surface area contributed by atoms with Crippen molar-refractivity contribution >= 4 is 34.8 Å². The van der Waals surface area contributed by atoms with Gasteiger partial charge in [-0.05, 0) is 36.3 Å². The van der Waals surface area contributed by atoms with Gasteiger partial charge in [0.2, 0.25) is 0 Å². The van der Waals surface area contributed by atoms with Crippen molar-refractivity contribution in [2.75, 3.05) is 17.6 Å². The Bertz CT molecular complexity index is 394. The van der Waals surface area contributed by atoms with Crippen LogP contribution in [0.25, 0.3) is 0 Å². The normalized spacial score (nSPS) is 11.2. The summed E-state index contributed by atoms with van der Waals surface area (Å²) in [5, 5.41) is 7.13. The van der Waals surface area contributed by atoms with E-state index in [1.54, 1.807) is 0 Å². The highest BCUT2D eigenvalue weighted by atomic mass is 32.2. The van der Waals surface area contributed by atoms with Crippen LogP contribution in [-0.2, 0) is 6.42 Å². The van der Waals surface area contributed by atoms with Crippen LogP contribution in [0.1, 0.15) is 33.3 Å². The average molecular weight is 297 g/mol. The van der Waals surface area contributed by atoms with Gasteiger partial charge in [0, 0.05) is 22.7 Å². The highest BCUT2D eigenvalue weighted by Gasteiger charge is 2.09. The third kappa shape index (κ3) is 7.43. The molecule has 0 unspecified atom stereocenters. The molecule has 0 atom stereocenters. The summed E-state index contributed by atoms with van der Waals surface area (Å²) in [5.74, 6) is 1.06. The van der Waals surface area contributed by atoms with E-state index in [0.29, 0.717) is 9.86 Å². The second-order valence-electron chi connectivity index (χ2n) is 5.39. The molecule has 0 radical (unpaired) electrons. The van der Waals surface area contributed by atoms with E-state index in [9.17, 15) is 0 Å². The fourth-order valence-corrected chi connectivity index (χ4v) is 2.56. The van der Waals surface area contributed by atoms with Crippen molar-refractivity contribution in [2.24, 2.45) is 0 Å². The summed E-state index contributed by atoms with van der Waals surface area (Å²) in [6.45, 7) is 9.72. The van der Waals surface area contributed by atoms with Crippen LogP contribution in [0.15, 0.2) is 24.3 Å². The molecule has 1 aromatic rings. The maximum absolute atomic E-state index is 5.27. The Morgan fingerprint density at radius 1 is 1.21 bits per heavy atom. The number of thioether (sulfide) groups is 1. The topological polar surface area (TPSA) is 24.1 Å². The number of aryl methyl sites for hydroxylation is 1. The van der Waals surface area contributed by atoms with Gasteiger partial charge in [-0.2, -0.15) is 11.8 Å². The monoisotopic (exact) mass is 296 g/mol. The van der Waals surface area contributed by atoms with E-state index in [0.717, 1.165) is 24.4 Å². The van der Waals surface area contributed by atoms with Crippen molar-refractivity contribution in [1.29, 1.82) is 0 Å². The first-order chi connectivity index (χ1) is 8.90. The summed E-state index contributed by atoms with van der Waals surface area (Å²) in [7, 11) is 0. The Morgan fingerprint density at radius 2 is 1.84 bits per heavy atom. The first-order valence-electron chi connectivity index (χ1n) is 6.68. The lowest BCUT2D eigenvalue weighted by molar-refractivity contribution is 0.800. The fourth-order valence-electron chi connectivity index (χ4n) is 1.52. The lowest BCUT2D eigenvalue weighted by Crippen LogP contribution is -2.30. The molecule has 4 heteroatoms. The van der Waals surface area contributed by atoms with E-state index in [1.807, 2.05) is 11.8 Å². The number of thiocarbonyl (C=S) groups is 1. The van der Waals surface area contributed by atoms with Gasteiger partial charge in [0.25, 0.3) is 0 Å².